The second-order valence-electron chi connectivity index (χ2n) is 3.91. The molecular weight excluding hydrogens is 423 g/mol. The molecule has 1 heterocycles. The fourth-order valence-corrected chi connectivity index (χ4v) is 4.31. The Morgan fingerprint density at radius 2 is 2.10 bits per heavy atom. The number of halogens is 3. The van der Waals surface area contributed by atoms with E-state index in [1.54, 1.807) is 18.2 Å². The first kappa shape index (κ1) is 16.7. The van der Waals surface area contributed by atoms with Gasteiger partial charge in [0.25, 0.3) is 15.0 Å². The van der Waals surface area contributed by atoms with E-state index in [2.05, 4.69) is 26.2 Å². The third-order valence-electron chi connectivity index (χ3n) is 2.38. The van der Waals surface area contributed by atoms with E-state index in [-0.39, 0.29) is 15.0 Å². The predicted octanol–water partition coefficient (Wildman–Crippen LogP) is 4.05. The molecule has 0 unspecified atom stereocenters. The van der Waals surface area contributed by atoms with E-state index in [4.69, 9.17) is 22.3 Å². The molecule has 2 rings (SSSR count). The number of carbonyl (C=O) groups is 1. The lowest BCUT2D eigenvalue weighted by atomic mass is 10.2. The number of nitrogens with one attached hydrogen (secondary N) is 1. The van der Waals surface area contributed by atoms with E-state index >= 15 is 0 Å². The van der Waals surface area contributed by atoms with Crippen molar-refractivity contribution in [3.05, 3.63) is 39.0 Å². The molecule has 0 atom stereocenters. The fourth-order valence-electron chi connectivity index (χ4n) is 1.47. The monoisotopic (exact) mass is 428 g/mol. The number of thiazole rings is 1. The Morgan fingerprint density at radius 3 is 2.62 bits per heavy atom. The zero-order valence-corrected chi connectivity index (χ0v) is 15.1. The van der Waals surface area contributed by atoms with E-state index < -0.39 is 15.0 Å². The van der Waals surface area contributed by atoms with Gasteiger partial charge in [-0.3, -0.25) is 10.1 Å². The van der Waals surface area contributed by atoms with Crippen LogP contribution in [0, 0.1) is 6.92 Å². The molecule has 0 fully saturated rings. The molecule has 1 N–H and O–H groups in total. The fraction of sp³-hybridized carbons (Fsp3) is 0.0909. The smallest absolute Gasteiger partial charge is 0.272 e. The zero-order valence-electron chi connectivity index (χ0n) is 10.4. The minimum Gasteiger partial charge on any atom is -0.298 e. The summed E-state index contributed by atoms with van der Waals surface area (Å²) in [6, 6.07) is 4.67. The van der Waals surface area contributed by atoms with Gasteiger partial charge in [-0.1, -0.05) is 22.9 Å². The molecular formula is C11H7BrCl2N2O3S2. The molecule has 112 valence electrons. The van der Waals surface area contributed by atoms with Gasteiger partial charge in [-0.15, -0.1) is 0 Å². The van der Waals surface area contributed by atoms with Crippen molar-refractivity contribution >= 4 is 69.6 Å². The second-order valence-corrected chi connectivity index (χ2v) is 8.93. The van der Waals surface area contributed by atoms with Gasteiger partial charge in [0.15, 0.2) is 9.34 Å². The standard InChI is InChI=1S/C11H7BrCl2N2O3S2/c1-5-10(21(14,18)19)20-11(15-5)16-9(17)6-2-3-8(13)7(12)4-6/h2-4H,1H3,(H,15,16,17). The molecule has 0 spiro atoms. The first-order valence-electron chi connectivity index (χ1n) is 5.37. The number of aromatic nitrogens is 1. The average molecular weight is 430 g/mol. The summed E-state index contributed by atoms with van der Waals surface area (Å²) < 4.78 is 23.1. The molecule has 1 aromatic carbocycles. The van der Waals surface area contributed by atoms with Crippen LogP contribution in [0.1, 0.15) is 16.1 Å². The Labute approximate surface area is 142 Å². The van der Waals surface area contributed by atoms with Crippen molar-refractivity contribution in [1.29, 1.82) is 0 Å². The van der Waals surface area contributed by atoms with Crippen LogP contribution in [0.15, 0.2) is 26.9 Å². The van der Waals surface area contributed by atoms with Crippen LogP contribution in [0.4, 0.5) is 5.13 Å². The number of rotatable bonds is 3. The SMILES string of the molecule is Cc1nc(NC(=O)c2ccc(Cl)c(Br)c2)sc1S(=O)(=O)Cl. The Balaban J connectivity index is 2.26. The van der Waals surface area contributed by atoms with Gasteiger partial charge in [0, 0.05) is 20.7 Å². The van der Waals surface area contributed by atoms with Crippen molar-refractivity contribution in [2.45, 2.75) is 11.1 Å². The number of hydrogen-bond donors (Lipinski definition) is 1. The number of nitrogens with zero attached hydrogens (tertiary/aromatic N) is 1. The molecule has 10 heteroatoms. The van der Waals surface area contributed by atoms with Gasteiger partial charge in [0.05, 0.1) is 10.7 Å². The Morgan fingerprint density at radius 1 is 1.43 bits per heavy atom. The highest BCUT2D eigenvalue weighted by Gasteiger charge is 2.20. The van der Waals surface area contributed by atoms with Crippen molar-refractivity contribution < 1.29 is 13.2 Å². The summed E-state index contributed by atoms with van der Waals surface area (Å²) in [6.45, 7) is 1.50. The predicted molar refractivity (Wildman–Crippen MR) is 87.0 cm³/mol. The summed E-state index contributed by atoms with van der Waals surface area (Å²) >= 11 is 9.87. The van der Waals surface area contributed by atoms with E-state index in [1.165, 1.54) is 6.92 Å². The summed E-state index contributed by atoms with van der Waals surface area (Å²) in [5.41, 5.74) is 0.594. The molecule has 21 heavy (non-hydrogen) atoms. The van der Waals surface area contributed by atoms with Crippen LogP contribution in [0.25, 0.3) is 0 Å². The summed E-state index contributed by atoms with van der Waals surface area (Å²) in [7, 11) is 1.40. The average Bonchev–Trinajstić information content (AvgIpc) is 2.73. The summed E-state index contributed by atoms with van der Waals surface area (Å²) in [5.74, 6) is -0.431. The van der Waals surface area contributed by atoms with Gasteiger partial charge in [0.1, 0.15) is 0 Å². The lowest BCUT2D eigenvalue weighted by molar-refractivity contribution is 0.102. The largest absolute Gasteiger partial charge is 0.298 e. The minimum absolute atomic E-state index is 0.0863. The minimum atomic E-state index is -3.87. The van der Waals surface area contributed by atoms with Gasteiger partial charge >= 0.3 is 0 Å². The summed E-state index contributed by atoms with van der Waals surface area (Å²) in [6.07, 6.45) is 0. The topological polar surface area (TPSA) is 76.1 Å². The first-order chi connectivity index (χ1) is 9.68. The van der Waals surface area contributed by atoms with Crippen LogP contribution in [0.5, 0.6) is 0 Å². The van der Waals surface area contributed by atoms with E-state index in [1.807, 2.05) is 0 Å². The first-order valence-corrected chi connectivity index (χ1v) is 9.66. The molecule has 0 saturated heterocycles. The van der Waals surface area contributed by atoms with Crippen LogP contribution in [-0.4, -0.2) is 19.3 Å². The van der Waals surface area contributed by atoms with E-state index in [9.17, 15) is 13.2 Å². The second kappa shape index (κ2) is 6.21. The number of anilines is 1. The highest BCUT2D eigenvalue weighted by Crippen LogP contribution is 2.30. The maximum atomic E-state index is 12.1. The number of carbonyl (C=O) groups excluding carboxylic acids is 1. The molecule has 2 aromatic rings. The normalized spacial score (nSPS) is 11.4. The van der Waals surface area contributed by atoms with Crippen LogP contribution in [0.2, 0.25) is 5.02 Å². The third kappa shape index (κ3) is 3.95. The van der Waals surface area contributed by atoms with Gasteiger partial charge in [-0.25, -0.2) is 13.4 Å². The lowest BCUT2D eigenvalue weighted by Gasteiger charge is -2.03. The highest BCUT2D eigenvalue weighted by atomic mass is 79.9. The van der Waals surface area contributed by atoms with Crippen LogP contribution in [-0.2, 0) is 9.05 Å². The number of aryl methyl sites for hydroxylation is 1. The van der Waals surface area contributed by atoms with Crippen molar-refractivity contribution in [1.82, 2.24) is 4.98 Å². The quantitative estimate of drug-likeness (QED) is 0.746. The molecule has 5 nitrogen and oxygen atoms in total. The molecule has 0 saturated carbocycles. The maximum Gasteiger partial charge on any atom is 0.272 e. The summed E-state index contributed by atoms with van der Waals surface area (Å²) in [5, 5.41) is 3.15. The molecule has 0 aliphatic carbocycles. The Hall–Kier alpha value is -0.670. The van der Waals surface area contributed by atoms with Gasteiger partial charge in [0.2, 0.25) is 0 Å². The highest BCUT2D eigenvalue weighted by molar-refractivity contribution is 9.10. The van der Waals surface area contributed by atoms with Crippen molar-refractivity contribution in [2.75, 3.05) is 5.32 Å². The number of hydrogen-bond acceptors (Lipinski definition) is 5. The number of benzene rings is 1. The van der Waals surface area contributed by atoms with Crippen LogP contribution in [0.3, 0.4) is 0 Å². The van der Waals surface area contributed by atoms with Crippen LogP contribution < -0.4 is 5.32 Å². The number of amides is 1. The van der Waals surface area contributed by atoms with Crippen LogP contribution >= 0.6 is 49.6 Å². The third-order valence-corrected chi connectivity index (χ3v) is 6.84. The molecule has 0 aliphatic heterocycles. The Bertz CT molecular complexity index is 821. The molecule has 1 aromatic heterocycles. The van der Waals surface area contributed by atoms with Crippen molar-refractivity contribution in [3.8, 4) is 0 Å². The van der Waals surface area contributed by atoms with Crippen molar-refractivity contribution in [3.63, 3.8) is 0 Å². The summed E-state index contributed by atoms with van der Waals surface area (Å²) in [4.78, 5) is 16.0. The van der Waals surface area contributed by atoms with E-state index in [0.29, 0.717) is 15.1 Å². The molecule has 0 aliphatic rings. The Kier molecular flexibility index (Phi) is 4.94. The molecule has 1 amide bonds. The van der Waals surface area contributed by atoms with Crippen molar-refractivity contribution in [2.24, 2.45) is 0 Å². The zero-order chi connectivity index (χ0) is 15.8. The maximum absolute atomic E-state index is 12.1. The van der Waals surface area contributed by atoms with Gasteiger partial charge in [-0.05, 0) is 41.1 Å². The molecule has 0 radical (unpaired) electrons. The molecule has 0 bridgehead atoms. The van der Waals surface area contributed by atoms with Gasteiger partial charge in [-0.2, -0.15) is 0 Å². The van der Waals surface area contributed by atoms with E-state index in [0.717, 1.165) is 11.3 Å². The lowest BCUT2D eigenvalue weighted by Crippen LogP contribution is -2.11. The van der Waals surface area contributed by atoms with Gasteiger partial charge < -0.3 is 0 Å².